The average Bonchev–Trinajstić information content (AvgIpc) is 2.46. The van der Waals surface area contributed by atoms with Gasteiger partial charge in [-0.15, -0.1) is 11.8 Å². The Balaban J connectivity index is 2.17. The monoisotopic (exact) mass is 307 g/mol. The number of rotatable bonds is 5. The second-order valence-corrected chi connectivity index (χ2v) is 5.18. The van der Waals surface area contributed by atoms with Crippen molar-refractivity contribution in [2.75, 3.05) is 0 Å². The fraction of sp³-hybridized carbons (Fsp3) is 0.0714. The number of thioether (sulfide) groups is 1. The van der Waals surface area contributed by atoms with Crippen molar-refractivity contribution in [1.82, 2.24) is 0 Å². The fourth-order valence-electron chi connectivity index (χ4n) is 1.70. The van der Waals surface area contributed by atoms with Crippen molar-refractivity contribution in [1.29, 1.82) is 0 Å². The Morgan fingerprint density at radius 2 is 2.00 bits per heavy atom. The van der Waals surface area contributed by atoms with Crippen molar-refractivity contribution in [2.45, 2.75) is 10.6 Å². The van der Waals surface area contributed by atoms with Crippen molar-refractivity contribution < 1.29 is 19.2 Å². The minimum absolute atomic E-state index is 0.138. The molecule has 2 aromatic carbocycles. The molecule has 0 aliphatic rings. The number of benzene rings is 2. The van der Waals surface area contributed by atoms with E-state index < -0.39 is 22.4 Å². The molecule has 0 heterocycles. The Kier molecular flexibility index (Phi) is 4.54. The van der Waals surface area contributed by atoms with Crippen molar-refractivity contribution in [3.63, 3.8) is 0 Å². The zero-order chi connectivity index (χ0) is 15.4. The molecule has 0 radical (unpaired) electrons. The molecule has 2 aromatic rings. The Morgan fingerprint density at radius 1 is 1.29 bits per heavy atom. The van der Waals surface area contributed by atoms with E-state index >= 15 is 0 Å². The molecule has 5 nitrogen and oxygen atoms in total. The number of carbonyl (C=O) groups is 1. The zero-order valence-corrected chi connectivity index (χ0v) is 11.5. The van der Waals surface area contributed by atoms with Crippen molar-refractivity contribution >= 4 is 23.4 Å². The number of hydrogen-bond donors (Lipinski definition) is 1. The number of nitrogens with zero attached hydrogens (tertiary/aromatic N) is 1. The molecule has 0 bridgehead atoms. The lowest BCUT2D eigenvalue weighted by molar-refractivity contribution is -0.387. The maximum absolute atomic E-state index is 13.9. The molecule has 0 fully saturated rings. The first-order valence-corrected chi connectivity index (χ1v) is 6.85. The van der Waals surface area contributed by atoms with E-state index in [1.807, 2.05) is 0 Å². The highest BCUT2D eigenvalue weighted by Gasteiger charge is 2.17. The van der Waals surface area contributed by atoms with Crippen LogP contribution in [-0.2, 0) is 5.75 Å². The third-order valence-corrected chi connectivity index (χ3v) is 3.77. The summed E-state index contributed by atoms with van der Waals surface area (Å²) in [5.41, 5.74) is -0.221. The molecule has 0 aliphatic carbocycles. The maximum Gasteiger partial charge on any atom is 0.335 e. The predicted molar refractivity (Wildman–Crippen MR) is 76.0 cm³/mol. The number of halogens is 1. The van der Waals surface area contributed by atoms with Crippen LogP contribution in [0, 0.1) is 15.9 Å². The number of aromatic carboxylic acids is 1. The molecule has 0 spiro atoms. The van der Waals surface area contributed by atoms with Crippen LogP contribution in [0.4, 0.5) is 10.1 Å². The summed E-state index contributed by atoms with van der Waals surface area (Å²) in [6.07, 6.45) is 0. The predicted octanol–water partition coefficient (Wildman–Crippen LogP) is 3.72. The summed E-state index contributed by atoms with van der Waals surface area (Å²) in [7, 11) is 0. The van der Waals surface area contributed by atoms with Crippen LogP contribution in [0.5, 0.6) is 0 Å². The molecule has 0 saturated heterocycles. The SMILES string of the molecule is O=C(O)c1cccc(SCc2cccc([N+](=O)[O-])c2F)c1. The van der Waals surface area contributed by atoms with Gasteiger partial charge in [0.2, 0.25) is 5.82 Å². The van der Waals surface area contributed by atoms with Gasteiger partial charge in [0.15, 0.2) is 0 Å². The number of hydrogen-bond acceptors (Lipinski definition) is 4. The van der Waals surface area contributed by atoms with Crippen LogP contribution in [0.25, 0.3) is 0 Å². The Bertz CT molecular complexity index is 705. The number of nitro groups is 1. The molecule has 0 amide bonds. The first-order chi connectivity index (χ1) is 9.99. The largest absolute Gasteiger partial charge is 0.478 e. The van der Waals surface area contributed by atoms with Gasteiger partial charge in [-0.3, -0.25) is 10.1 Å². The molecule has 7 heteroatoms. The summed E-state index contributed by atoms with van der Waals surface area (Å²) >= 11 is 1.21. The van der Waals surface area contributed by atoms with E-state index in [4.69, 9.17) is 5.11 Å². The summed E-state index contributed by atoms with van der Waals surface area (Å²) in [5, 5.41) is 19.6. The normalized spacial score (nSPS) is 10.3. The topological polar surface area (TPSA) is 80.4 Å². The maximum atomic E-state index is 13.9. The second-order valence-electron chi connectivity index (χ2n) is 4.13. The standard InChI is InChI=1S/C14H10FNO4S/c15-13-10(4-2-6-12(13)16(19)20)8-21-11-5-1-3-9(7-11)14(17)18/h1-7H,8H2,(H,17,18). The van der Waals surface area contributed by atoms with Gasteiger partial charge in [0.25, 0.3) is 0 Å². The number of carboxylic acids is 1. The molecule has 1 N–H and O–H groups in total. The molecule has 2 rings (SSSR count). The van der Waals surface area contributed by atoms with Crippen LogP contribution >= 0.6 is 11.8 Å². The zero-order valence-electron chi connectivity index (χ0n) is 10.7. The van der Waals surface area contributed by atoms with Crippen molar-refractivity contribution in [3.05, 3.63) is 69.5 Å². The molecule has 108 valence electrons. The summed E-state index contributed by atoms with van der Waals surface area (Å²) in [6, 6.07) is 10.2. The molecular weight excluding hydrogens is 297 g/mol. The minimum Gasteiger partial charge on any atom is -0.478 e. The summed E-state index contributed by atoms with van der Waals surface area (Å²) < 4.78 is 13.9. The third-order valence-electron chi connectivity index (χ3n) is 2.73. The summed E-state index contributed by atoms with van der Waals surface area (Å²) in [5.74, 6) is -1.72. The van der Waals surface area contributed by atoms with Crippen molar-refractivity contribution in [2.24, 2.45) is 0 Å². The second kappa shape index (κ2) is 6.36. The molecule has 0 aliphatic heterocycles. The van der Waals surface area contributed by atoms with E-state index in [1.165, 1.54) is 36.0 Å². The van der Waals surface area contributed by atoms with E-state index in [0.717, 1.165) is 6.07 Å². The Hall–Kier alpha value is -2.41. The molecule has 0 unspecified atom stereocenters. The molecule has 0 saturated carbocycles. The van der Waals surface area contributed by atoms with Crippen LogP contribution in [-0.4, -0.2) is 16.0 Å². The lowest BCUT2D eigenvalue weighted by Gasteiger charge is -2.05. The van der Waals surface area contributed by atoms with Gasteiger partial charge >= 0.3 is 11.7 Å². The number of nitro benzene ring substituents is 1. The van der Waals surface area contributed by atoms with Gasteiger partial charge in [-0.05, 0) is 18.2 Å². The number of carboxylic acid groups (broad SMARTS) is 1. The highest BCUT2D eigenvalue weighted by atomic mass is 32.2. The van der Waals surface area contributed by atoms with Crippen LogP contribution in [0.2, 0.25) is 0 Å². The van der Waals surface area contributed by atoms with E-state index in [-0.39, 0.29) is 16.9 Å². The molecule has 21 heavy (non-hydrogen) atoms. The summed E-state index contributed by atoms with van der Waals surface area (Å²) in [4.78, 5) is 21.4. The average molecular weight is 307 g/mol. The molecule has 0 aromatic heterocycles. The lowest BCUT2D eigenvalue weighted by atomic mass is 10.2. The lowest BCUT2D eigenvalue weighted by Crippen LogP contribution is -1.97. The van der Waals surface area contributed by atoms with E-state index in [1.54, 1.807) is 12.1 Å². The van der Waals surface area contributed by atoms with Gasteiger partial charge in [-0.1, -0.05) is 18.2 Å². The quantitative estimate of drug-likeness (QED) is 0.517. The van der Waals surface area contributed by atoms with Crippen LogP contribution in [0.1, 0.15) is 15.9 Å². The summed E-state index contributed by atoms with van der Waals surface area (Å²) in [6.45, 7) is 0. The van der Waals surface area contributed by atoms with Crippen molar-refractivity contribution in [3.8, 4) is 0 Å². The third kappa shape index (κ3) is 3.57. The van der Waals surface area contributed by atoms with E-state index in [9.17, 15) is 19.3 Å². The van der Waals surface area contributed by atoms with Gasteiger partial charge in [-0.25, -0.2) is 4.79 Å². The van der Waals surface area contributed by atoms with Gasteiger partial charge < -0.3 is 5.11 Å². The van der Waals surface area contributed by atoms with Crippen LogP contribution in [0.3, 0.4) is 0 Å². The molecular formula is C14H10FNO4S. The minimum atomic E-state index is -1.04. The van der Waals surface area contributed by atoms with Gasteiger partial charge in [-0.2, -0.15) is 4.39 Å². The Labute approximate surface area is 123 Å². The van der Waals surface area contributed by atoms with E-state index in [0.29, 0.717) is 4.90 Å². The first kappa shape index (κ1) is 15.0. The van der Waals surface area contributed by atoms with Crippen LogP contribution < -0.4 is 0 Å². The van der Waals surface area contributed by atoms with Crippen LogP contribution in [0.15, 0.2) is 47.4 Å². The highest BCUT2D eigenvalue weighted by Crippen LogP contribution is 2.28. The van der Waals surface area contributed by atoms with Gasteiger partial charge in [0.05, 0.1) is 10.5 Å². The van der Waals surface area contributed by atoms with Gasteiger partial charge in [0, 0.05) is 22.3 Å². The highest BCUT2D eigenvalue weighted by molar-refractivity contribution is 7.98. The fourth-order valence-corrected chi connectivity index (χ4v) is 2.63. The van der Waals surface area contributed by atoms with E-state index in [2.05, 4.69) is 0 Å². The first-order valence-electron chi connectivity index (χ1n) is 5.87. The Morgan fingerprint density at radius 3 is 2.67 bits per heavy atom. The van der Waals surface area contributed by atoms with Gasteiger partial charge in [0.1, 0.15) is 0 Å². The smallest absolute Gasteiger partial charge is 0.335 e. The molecule has 0 atom stereocenters.